The summed E-state index contributed by atoms with van der Waals surface area (Å²) in [6.45, 7) is 1.46. The molecule has 0 radical (unpaired) electrons. The average molecular weight is 311 g/mol. The van der Waals surface area contributed by atoms with Crippen molar-refractivity contribution in [3.05, 3.63) is 24.4 Å². The molecule has 1 saturated heterocycles. The number of hydrogen-bond acceptors (Lipinski definition) is 5. The summed E-state index contributed by atoms with van der Waals surface area (Å²) < 4.78 is 25.0. The van der Waals surface area contributed by atoms with Gasteiger partial charge < -0.3 is 10.6 Å². The first-order valence-corrected chi connectivity index (χ1v) is 8.12. The van der Waals surface area contributed by atoms with Crippen LogP contribution < -0.4 is 5.73 Å². The van der Waals surface area contributed by atoms with E-state index in [-0.39, 0.29) is 24.0 Å². The predicted molar refractivity (Wildman–Crippen MR) is 75.2 cm³/mol. The Kier molecular flexibility index (Phi) is 4.26. The molecule has 0 aromatic carbocycles. The maximum atomic E-state index is 12.5. The smallest absolute Gasteiger partial charge is 0.315 e. The molecule has 1 fully saturated rings. The zero-order chi connectivity index (χ0) is 15.6. The molecule has 1 aliphatic heterocycles. The van der Waals surface area contributed by atoms with Gasteiger partial charge in [0.25, 0.3) is 0 Å². The maximum Gasteiger partial charge on any atom is 0.315 e. The van der Waals surface area contributed by atoms with Gasteiger partial charge in [0.05, 0.1) is 6.54 Å². The molecule has 1 aromatic heterocycles. The van der Waals surface area contributed by atoms with E-state index in [1.54, 1.807) is 19.1 Å². The van der Waals surface area contributed by atoms with Crippen LogP contribution in [0.25, 0.3) is 0 Å². The van der Waals surface area contributed by atoms with Crippen LogP contribution in [0.5, 0.6) is 0 Å². The van der Waals surface area contributed by atoms with Gasteiger partial charge in [0.1, 0.15) is 5.25 Å². The summed E-state index contributed by atoms with van der Waals surface area (Å²) in [6.07, 6.45) is 1.92. The van der Waals surface area contributed by atoms with Crippen LogP contribution in [0.3, 0.4) is 0 Å². The third-order valence-electron chi connectivity index (χ3n) is 3.65. The van der Waals surface area contributed by atoms with E-state index in [2.05, 4.69) is 4.98 Å². The highest BCUT2D eigenvalue weighted by Gasteiger charge is 2.39. The molecule has 114 valence electrons. The molecule has 0 aliphatic carbocycles. The Labute approximate surface area is 123 Å². The topological polar surface area (TPSA) is 110 Å². The van der Waals surface area contributed by atoms with E-state index in [1.165, 1.54) is 17.2 Å². The van der Waals surface area contributed by atoms with Crippen molar-refractivity contribution in [2.45, 2.75) is 36.1 Å². The number of likely N-dealkylation sites (tertiary alicyclic amines) is 1. The Balaban J connectivity index is 2.33. The van der Waals surface area contributed by atoms with Crippen LogP contribution in [0.15, 0.2) is 29.4 Å². The molecular weight excluding hydrogens is 294 g/mol. The highest BCUT2D eigenvalue weighted by molar-refractivity contribution is 7.92. The zero-order valence-corrected chi connectivity index (χ0v) is 12.4. The van der Waals surface area contributed by atoms with Gasteiger partial charge in [-0.1, -0.05) is 6.07 Å². The Morgan fingerprint density at radius 1 is 1.38 bits per heavy atom. The second-order valence-corrected chi connectivity index (χ2v) is 7.14. The number of hydrogen-bond donors (Lipinski definition) is 1. The summed E-state index contributed by atoms with van der Waals surface area (Å²) in [5.41, 5.74) is 5.23. The summed E-state index contributed by atoms with van der Waals surface area (Å²) >= 11 is 0. The van der Waals surface area contributed by atoms with Gasteiger partial charge in [-0.2, -0.15) is 0 Å². The lowest BCUT2D eigenvalue weighted by molar-refractivity contribution is -0.119. The first kappa shape index (κ1) is 15.4. The number of ketones is 1. The molecule has 2 atom stereocenters. The van der Waals surface area contributed by atoms with Crippen LogP contribution in [0.4, 0.5) is 4.79 Å². The van der Waals surface area contributed by atoms with Crippen molar-refractivity contribution < 1.29 is 18.0 Å². The average Bonchev–Trinajstić information content (AvgIpc) is 2.59. The van der Waals surface area contributed by atoms with Gasteiger partial charge in [0.15, 0.2) is 10.8 Å². The van der Waals surface area contributed by atoms with Crippen LogP contribution in [0.1, 0.15) is 19.8 Å². The van der Waals surface area contributed by atoms with Gasteiger partial charge in [-0.25, -0.2) is 18.2 Å². The number of pyridine rings is 1. The molecule has 0 saturated carbocycles. The normalized spacial score (nSPS) is 23.7. The predicted octanol–water partition coefficient (Wildman–Crippen LogP) is 0.356. The summed E-state index contributed by atoms with van der Waals surface area (Å²) in [6, 6.07) is 3.54. The Hall–Kier alpha value is -1.96. The van der Waals surface area contributed by atoms with E-state index >= 15 is 0 Å². The number of carbonyl (C=O) groups excluding carboxylic acids is 2. The second-order valence-electron chi connectivity index (χ2n) is 5.06. The minimum atomic E-state index is -3.85. The van der Waals surface area contributed by atoms with Crippen molar-refractivity contribution in [2.75, 3.05) is 6.54 Å². The molecule has 21 heavy (non-hydrogen) atoms. The van der Waals surface area contributed by atoms with Crippen LogP contribution in [-0.2, 0) is 14.6 Å². The number of aromatic nitrogens is 1. The Morgan fingerprint density at radius 2 is 2.10 bits per heavy atom. The Morgan fingerprint density at radius 3 is 2.67 bits per heavy atom. The van der Waals surface area contributed by atoms with E-state index in [0.717, 1.165) is 0 Å². The highest BCUT2D eigenvalue weighted by Crippen LogP contribution is 2.24. The largest absolute Gasteiger partial charge is 0.351 e. The quantitative estimate of drug-likeness (QED) is 0.847. The van der Waals surface area contributed by atoms with E-state index < -0.39 is 26.9 Å². The lowest BCUT2D eigenvalue weighted by Gasteiger charge is -2.23. The van der Waals surface area contributed by atoms with Gasteiger partial charge in [0, 0.05) is 12.2 Å². The molecule has 8 heteroatoms. The monoisotopic (exact) mass is 311 g/mol. The molecule has 2 rings (SSSR count). The van der Waals surface area contributed by atoms with E-state index in [9.17, 15) is 18.0 Å². The van der Waals surface area contributed by atoms with Gasteiger partial charge in [-0.05, 0) is 31.9 Å². The van der Waals surface area contributed by atoms with Crippen molar-refractivity contribution >= 4 is 21.7 Å². The molecule has 7 nitrogen and oxygen atoms in total. The number of sulfone groups is 1. The number of urea groups is 1. The molecule has 1 aromatic rings. The lowest BCUT2D eigenvalue weighted by atomic mass is 10.1. The molecule has 0 spiro atoms. The van der Waals surface area contributed by atoms with Gasteiger partial charge in [-0.3, -0.25) is 4.79 Å². The van der Waals surface area contributed by atoms with Crippen molar-refractivity contribution in [2.24, 2.45) is 5.73 Å². The highest BCUT2D eigenvalue weighted by atomic mass is 32.2. The molecule has 1 aliphatic rings. The zero-order valence-electron chi connectivity index (χ0n) is 11.6. The minimum Gasteiger partial charge on any atom is -0.351 e. The molecule has 2 amide bonds. The molecular formula is C13H17N3O4S. The fourth-order valence-electron chi connectivity index (χ4n) is 2.42. The van der Waals surface area contributed by atoms with Crippen molar-refractivity contribution in [3.63, 3.8) is 0 Å². The second kappa shape index (κ2) is 5.80. The maximum absolute atomic E-state index is 12.5. The summed E-state index contributed by atoms with van der Waals surface area (Å²) in [5.74, 6) is -0.524. The van der Waals surface area contributed by atoms with Gasteiger partial charge in [-0.15, -0.1) is 0 Å². The number of rotatable bonds is 2. The van der Waals surface area contributed by atoms with E-state index in [0.29, 0.717) is 6.42 Å². The molecule has 1 unspecified atom stereocenters. The number of nitrogens with two attached hydrogens (primary N) is 1. The van der Waals surface area contributed by atoms with Crippen molar-refractivity contribution in [1.82, 2.24) is 9.88 Å². The fraction of sp³-hybridized carbons (Fsp3) is 0.462. The van der Waals surface area contributed by atoms with Crippen LogP contribution >= 0.6 is 0 Å². The summed E-state index contributed by atoms with van der Waals surface area (Å²) in [4.78, 5) is 28.6. The number of amides is 2. The van der Waals surface area contributed by atoms with E-state index in [4.69, 9.17) is 5.73 Å². The minimum absolute atomic E-state index is 0.122. The van der Waals surface area contributed by atoms with Crippen LogP contribution in [0.2, 0.25) is 0 Å². The fourth-order valence-corrected chi connectivity index (χ4v) is 4.05. The Bertz CT molecular complexity index is 645. The number of Topliss-reactive ketones (excluding diaryl/α,β-unsaturated/α-hetero) is 1. The van der Waals surface area contributed by atoms with Crippen LogP contribution in [-0.4, -0.2) is 48.0 Å². The third kappa shape index (κ3) is 3.05. The van der Waals surface area contributed by atoms with Crippen LogP contribution in [0, 0.1) is 0 Å². The first-order chi connectivity index (χ1) is 9.84. The van der Waals surface area contributed by atoms with Crippen molar-refractivity contribution in [3.8, 4) is 0 Å². The van der Waals surface area contributed by atoms with E-state index in [1.807, 2.05) is 0 Å². The van der Waals surface area contributed by atoms with Crippen molar-refractivity contribution in [1.29, 1.82) is 0 Å². The first-order valence-electron chi connectivity index (χ1n) is 6.57. The number of nitrogens with zero attached hydrogens (tertiary/aromatic N) is 2. The standard InChI is InChI=1S/C13H17N3O4S/c1-9-5-6-11(10(17)8-16(9)13(14)18)21(19,20)12-4-2-3-7-15-12/h2-4,7,9,11H,5-6,8H2,1H3,(H2,14,18)/t9-,11?/m1/s1. The summed E-state index contributed by atoms with van der Waals surface area (Å²) in [7, 11) is -3.85. The third-order valence-corrected chi connectivity index (χ3v) is 5.72. The molecule has 0 bridgehead atoms. The molecule has 2 heterocycles. The molecule has 2 N–H and O–H groups in total. The van der Waals surface area contributed by atoms with Gasteiger partial charge in [0.2, 0.25) is 9.84 Å². The number of primary amides is 1. The summed E-state index contributed by atoms with van der Waals surface area (Å²) in [5, 5.41) is -1.30. The SMILES string of the molecule is C[C@@H]1CCC(S(=O)(=O)c2ccccn2)C(=O)CN1C(N)=O. The van der Waals surface area contributed by atoms with Gasteiger partial charge >= 0.3 is 6.03 Å². The lowest BCUT2D eigenvalue weighted by Crippen LogP contribution is -2.45. The number of carbonyl (C=O) groups is 2.